The molecule has 32 heavy (non-hydrogen) atoms. The van der Waals surface area contributed by atoms with Gasteiger partial charge in [0, 0.05) is 34.7 Å². The molecule has 0 amide bonds. The molecule has 1 fully saturated rings. The number of ether oxygens (including phenoxy) is 1. The number of hydrogen-bond donors (Lipinski definition) is 1. The maximum Gasteiger partial charge on any atom is 0.157 e. The fourth-order valence-corrected chi connectivity index (χ4v) is 4.52. The highest BCUT2D eigenvalue weighted by atomic mass is 35.5. The smallest absolute Gasteiger partial charge is 0.157 e. The van der Waals surface area contributed by atoms with Crippen molar-refractivity contribution >= 4 is 39.2 Å². The van der Waals surface area contributed by atoms with Crippen LogP contribution < -0.4 is 4.90 Å². The lowest BCUT2D eigenvalue weighted by molar-refractivity contribution is 0.122. The molecule has 0 radical (unpaired) electrons. The number of aromatic amines is 1. The van der Waals surface area contributed by atoms with Gasteiger partial charge in [-0.2, -0.15) is 5.10 Å². The summed E-state index contributed by atoms with van der Waals surface area (Å²) in [6.45, 7) is 5.10. The molecule has 5 aromatic rings. The second kappa shape index (κ2) is 7.58. The topological polar surface area (TPSA) is 84.8 Å². The Kier molecular flexibility index (Phi) is 4.55. The van der Waals surface area contributed by atoms with Gasteiger partial charge in [-0.15, -0.1) is 0 Å². The van der Waals surface area contributed by atoms with Crippen LogP contribution in [0.5, 0.6) is 0 Å². The zero-order valence-corrected chi connectivity index (χ0v) is 18.2. The molecule has 0 atom stereocenters. The van der Waals surface area contributed by atoms with Crippen molar-refractivity contribution in [2.75, 3.05) is 31.2 Å². The molecule has 0 aliphatic carbocycles. The number of morpholine rings is 1. The van der Waals surface area contributed by atoms with E-state index in [0.717, 1.165) is 57.8 Å². The van der Waals surface area contributed by atoms with E-state index in [1.54, 1.807) is 0 Å². The van der Waals surface area contributed by atoms with Gasteiger partial charge in [-0.05, 0) is 43.3 Å². The predicted molar refractivity (Wildman–Crippen MR) is 125 cm³/mol. The van der Waals surface area contributed by atoms with Gasteiger partial charge >= 0.3 is 0 Å². The number of imidazole rings is 1. The molecule has 1 N–H and O–H groups in total. The third kappa shape index (κ3) is 3.19. The number of nitrogens with zero attached hydrogens (tertiary/aromatic N) is 6. The van der Waals surface area contributed by atoms with Crippen LogP contribution in [-0.2, 0) is 4.74 Å². The Labute approximate surface area is 188 Å². The van der Waals surface area contributed by atoms with Crippen molar-refractivity contribution < 1.29 is 4.74 Å². The molecule has 0 spiro atoms. The monoisotopic (exact) mass is 445 g/mol. The van der Waals surface area contributed by atoms with Crippen LogP contribution in [0.2, 0.25) is 5.02 Å². The van der Waals surface area contributed by atoms with Crippen molar-refractivity contribution in [3.8, 4) is 17.1 Å². The molecule has 1 saturated heterocycles. The van der Waals surface area contributed by atoms with E-state index in [-0.39, 0.29) is 0 Å². The summed E-state index contributed by atoms with van der Waals surface area (Å²) in [4.78, 5) is 16.3. The van der Waals surface area contributed by atoms with Crippen LogP contribution in [0, 0.1) is 6.92 Å². The molecule has 3 aromatic heterocycles. The average molecular weight is 446 g/mol. The maximum atomic E-state index is 6.23. The van der Waals surface area contributed by atoms with Gasteiger partial charge in [0.2, 0.25) is 0 Å². The standard InChI is InChI=1S/C23H20ClN7O/c1-14-28-22-19(23-26-13-27-29-23)10-17(30-4-6-32-7-5-30)11-21(22)31(14)18-9-15-8-16(24)2-3-20(15)25-12-18/h2-3,8-13H,4-7H2,1H3,(H,26,27,29). The molecule has 1 aliphatic heterocycles. The minimum absolute atomic E-state index is 0.686. The lowest BCUT2D eigenvalue weighted by atomic mass is 10.1. The number of hydrogen-bond acceptors (Lipinski definition) is 6. The molecule has 0 bridgehead atoms. The molecular weight excluding hydrogens is 426 g/mol. The number of pyridine rings is 1. The molecule has 1 aliphatic rings. The first-order valence-corrected chi connectivity index (χ1v) is 10.8. The summed E-state index contributed by atoms with van der Waals surface area (Å²) in [7, 11) is 0. The highest BCUT2D eigenvalue weighted by Gasteiger charge is 2.20. The van der Waals surface area contributed by atoms with E-state index in [0.29, 0.717) is 24.1 Å². The van der Waals surface area contributed by atoms with Gasteiger partial charge in [0.05, 0.1) is 36.1 Å². The Hall–Kier alpha value is -3.49. The first-order chi connectivity index (χ1) is 15.7. The molecule has 0 saturated carbocycles. The Morgan fingerprint density at radius 3 is 2.72 bits per heavy atom. The Morgan fingerprint density at radius 2 is 1.91 bits per heavy atom. The fourth-order valence-electron chi connectivity index (χ4n) is 4.34. The van der Waals surface area contributed by atoms with E-state index in [9.17, 15) is 0 Å². The van der Waals surface area contributed by atoms with Crippen molar-refractivity contribution in [1.82, 2.24) is 29.7 Å². The van der Waals surface area contributed by atoms with Gasteiger partial charge < -0.3 is 9.64 Å². The normalized spacial score (nSPS) is 14.5. The van der Waals surface area contributed by atoms with Crippen LogP contribution >= 0.6 is 11.6 Å². The van der Waals surface area contributed by atoms with E-state index in [1.165, 1.54) is 6.33 Å². The molecule has 160 valence electrons. The van der Waals surface area contributed by atoms with Crippen LogP contribution in [0.3, 0.4) is 0 Å². The quantitative estimate of drug-likeness (QED) is 0.449. The minimum Gasteiger partial charge on any atom is -0.378 e. The first-order valence-electron chi connectivity index (χ1n) is 10.4. The van der Waals surface area contributed by atoms with Crippen molar-refractivity contribution in [1.29, 1.82) is 0 Å². The third-order valence-corrected chi connectivity index (χ3v) is 6.08. The zero-order chi connectivity index (χ0) is 21.7. The van der Waals surface area contributed by atoms with Crippen LogP contribution in [0.15, 0.2) is 48.9 Å². The Morgan fingerprint density at radius 1 is 1.03 bits per heavy atom. The molecule has 0 unspecified atom stereocenters. The van der Waals surface area contributed by atoms with Crippen molar-refractivity contribution in [3.63, 3.8) is 0 Å². The zero-order valence-electron chi connectivity index (χ0n) is 17.4. The van der Waals surface area contributed by atoms with Crippen LogP contribution in [0.4, 0.5) is 5.69 Å². The van der Waals surface area contributed by atoms with E-state index >= 15 is 0 Å². The number of nitrogens with one attached hydrogen (secondary N) is 1. The summed E-state index contributed by atoms with van der Waals surface area (Å²) in [6, 6.07) is 12.1. The summed E-state index contributed by atoms with van der Waals surface area (Å²) >= 11 is 6.23. The second-order valence-electron chi connectivity index (χ2n) is 7.82. The lowest BCUT2D eigenvalue weighted by Gasteiger charge is -2.29. The summed E-state index contributed by atoms with van der Waals surface area (Å²) in [5.41, 5.74) is 5.70. The molecular formula is C23H20ClN7O. The largest absolute Gasteiger partial charge is 0.378 e. The SMILES string of the molecule is Cc1nc2c(-c3ncn[nH]3)cc(N3CCOCC3)cc2n1-c1cnc2ccc(Cl)cc2c1. The Balaban J connectivity index is 1.60. The number of halogens is 1. The van der Waals surface area contributed by atoms with Crippen molar-refractivity contribution in [2.24, 2.45) is 0 Å². The number of fused-ring (bicyclic) bond motifs is 2. The van der Waals surface area contributed by atoms with Crippen molar-refractivity contribution in [3.05, 3.63) is 59.8 Å². The number of aryl methyl sites for hydroxylation is 1. The third-order valence-electron chi connectivity index (χ3n) is 5.85. The van der Waals surface area contributed by atoms with E-state index in [4.69, 9.17) is 21.3 Å². The van der Waals surface area contributed by atoms with Gasteiger partial charge in [0.25, 0.3) is 0 Å². The van der Waals surface area contributed by atoms with E-state index in [2.05, 4.69) is 47.8 Å². The van der Waals surface area contributed by atoms with E-state index in [1.807, 2.05) is 31.3 Å². The summed E-state index contributed by atoms with van der Waals surface area (Å²) in [6.07, 6.45) is 3.39. The van der Waals surface area contributed by atoms with Gasteiger partial charge in [-0.3, -0.25) is 14.6 Å². The molecule has 9 heteroatoms. The van der Waals surface area contributed by atoms with E-state index < -0.39 is 0 Å². The summed E-state index contributed by atoms with van der Waals surface area (Å²) in [5.74, 6) is 1.56. The number of aromatic nitrogens is 6. The number of benzene rings is 2. The highest BCUT2D eigenvalue weighted by molar-refractivity contribution is 6.31. The van der Waals surface area contributed by atoms with Crippen LogP contribution in [0.1, 0.15) is 5.82 Å². The summed E-state index contributed by atoms with van der Waals surface area (Å²) in [5, 5.41) is 8.71. The average Bonchev–Trinajstić information content (AvgIpc) is 3.46. The van der Waals surface area contributed by atoms with Gasteiger partial charge in [0.1, 0.15) is 17.7 Å². The second-order valence-corrected chi connectivity index (χ2v) is 8.26. The van der Waals surface area contributed by atoms with Crippen LogP contribution in [0.25, 0.3) is 39.0 Å². The number of H-pyrrole nitrogens is 1. The lowest BCUT2D eigenvalue weighted by Crippen LogP contribution is -2.36. The Bertz CT molecular complexity index is 1440. The minimum atomic E-state index is 0.686. The van der Waals surface area contributed by atoms with Gasteiger partial charge in [0.15, 0.2) is 5.82 Å². The first kappa shape index (κ1) is 19.2. The molecule has 2 aromatic carbocycles. The fraction of sp³-hybridized carbons (Fsp3) is 0.217. The summed E-state index contributed by atoms with van der Waals surface area (Å²) < 4.78 is 7.68. The number of rotatable bonds is 3. The van der Waals surface area contributed by atoms with Crippen molar-refractivity contribution in [2.45, 2.75) is 6.92 Å². The van der Waals surface area contributed by atoms with Gasteiger partial charge in [-0.25, -0.2) is 9.97 Å². The number of anilines is 1. The van der Waals surface area contributed by atoms with Crippen LogP contribution in [-0.4, -0.2) is 56.0 Å². The highest BCUT2D eigenvalue weighted by Crippen LogP contribution is 2.34. The van der Waals surface area contributed by atoms with Gasteiger partial charge in [-0.1, -0.05) is 11.6 Å². The maximum absolute atomic E-state index is 6.23. The molecule has 8 nitrogen and oxygen atoms in total. The molecule has 4 heterocycles. The molecule has 6 rings (SSSR count). The predicted octanol–water partition coefficient (Wildman–Crippen LogP) is 4.16.